The first kappa shape index (κ1) is 18.7. The molecule has 1 saturated carbocycles. The van der Waals surface area contributed by atoms with E-state index in [4.69, 9.17) is 11.6 Å². The number of benzene rings is 1. The normalized spacial score (nSPS) is 24.9. The highest BCUT2D eigenvalue weighted by Crippen LogP contribution is 2.48. The predicted molar refractivity (Wildman–Crippen MR) is 108 cm³/mol. The Kier molecular flexibility index (Phi) is 4.95. The number of carboxylic acids is 1. The molecule has 0 spiro atoms. The number of nitrogens with one attached hydrogen (secondary N) is 2. The number of fused-ring (bicyclic) bond motifs is 2. The van der Waals surface area contributed by atoms with Crippen molar-refractivity contribution < 1.29 is 19.5 Å². The molecule has 0 aliphatic heterocycles. The third-order valence-corrected chi connectivity index (χ3v) is 6.38. The van der Waals surface area contributed by atoms with Crippen LogP contribution in [0, 0.1) is 23.7 Å². The number of allylic oxidation sites excluding steroid dienone is 2. The third-order valence-electron chi connectivity index (χ3n) is 5.30. The van der Waals surface area contributed by atoms with Gasteiger partial charge in [0.05, 0.1) is 17.4 Å². The number of anilines is 2. The number of halogens is 1. The van der Waals surface area contributed by atoms with Crippen molar-refractivity contribution in [3.05, 3.63) is 58.5 Å². The second kappa shape index (κ2) is 7.41. The van der Waals surface area contributed by atoms with Crippen LogP contribution in [0.15, 0.2) is 47.9 Å². The SMILES string of the molecule is O=C(Nc1ccc(Cl)cc1)c1ccsc1NC(=O)[C@@H]1[C@H](C(=O)O)[C@H]2C=C[C@H]1C2. The van der Waals surface area contributed by atoms with E-state index in [1.165, 1.54) is 11.3 Å². The van der Waals surface area contributed by atoms with Crippen molar-refractivity contribution in [2.45, 2.75) is 6.42 Å². The van der Waals surface area contributed by atoms with Gasteiger partial charge in [0.15, 0.2) is 0 Å². The summed E-state index contributed by atoms with van der Waals surface area (Å²) in [5.74, 6) is -3.19. The van der Waals surface area contributed by atoms with Crippen molar-refractivity contribution in [2.75, 3.05) is 10.6 Å². The summed E-state index contributed by atoms with van der Waals surface area (Å²) in [6.07, 6.45) is 4.50. The van der Waals surface area contributed by atoms with Gasteiger partial charge in [-0.3, -0.25) is 14.4 Å². The van der Waals surface area contributed by atoms with Crippen molar-refractivity contribution in [2.24, 2.45) is 23.7 Å². The first-order chi connectivity index (χ1) is 13.4. The van der Waals surface area contributed by atoms with E-state index in [0.717, 1.165) is 0 Å². The number of hydrogen-bond donors (Lipinski definition) is 3. The summed E-state index contributed by atoms with van der Waals surface area (Å²) >= 11 is 7.08. The largest absolute Gasteiger partial charge is 0.481 e. The minimum absolute atomic E-state index is 0.0718. The molecule has 2 amide bonds. The number of thiophene rings is 1. The van der Waals surface area contributed by atoms with E-state index in [1.54, 1.807) is 35.7 Å². The summed E-state index contributed by atoms with van der Waals surface area (Å²) in [7, 11) is 0. The van der Waals surface area contributed by atoms with Crippen molar-refractivity contribution in [3.8, 4) is 0 Å². The van der Waals surface area contributed by atoms with Crippen LogP contribution in [0.5, 0.6) is 0 Å². The molecule has 1 aromatic heterocycles. The topological polar surface area (TPSA) is 95.5 Å². The molecule has 0 saturated heterocycles. The maximum atomic E-state index is 12.8. The third kappa shape index (κ3) is 3.43. The van der Waals surface area contributed by atoms with E-state index >= 15 is 0 Å². The van der Waals surface area contributed by atoms with E-state index in [2.05, 4.69) is 10.6 Å². The predicted octanol–water partition coefficient (Wildman–Crippen LogP) is 4.12. The highest BCUT2D eigenvalue weighted by molar-refractivity contribution is 7.14. The maximum absolute atomic E-state index is 12.8. The Hall–Kier alpha value is -2.64. The average Bonchev–Trinajstić information content (AvgIpc) is 3.38. The van der Waals surface area contributed by atoms with Crippen LogP contribution in [-0.4, -0.2) is 22.9 Å². The minimum Gasteiger partial charge on any atom is -0.481 e. The van der Waals surface area contributed by atoms with Crippen molar-refractivity contribution in [1.82, 2.24) is 0 Å². The lowest BCUT2D eigenvalue weighted by molar-refractivity contribution is -0.146. The van der Waals surface area contributed by atoms with Gasteiger partial charge in [0.2, 0.25) is 5.91 Å². The van der Waals surface area contributed by atoms with Gasteiger partial charge in [-0.15, -0.1) is 11.3 Å². The fourth-order valence-electron chi connectivity index (χ4n) is 4.03. The van der Waals surface area contributed by atoms with Crippen LogP contribution in [0.4, 0.5) is 10.7 Å². The molecular weight excluding hydrogens is 400 g/mol. The molecule has 4 atom stereocenters. The standard InChI is InChI=1S/C20H17ClN2O4S/c21-12-3-5-13(6-4-12)22-17(24)14-7-8-28-19(14)23-18(25)15-10-1-2-11(9-10)16(15)20(26)27/h1-8,10-11,15-16H,9H2,(H,22,24)(H,23,25)(H,26,27)/t10-,11-,15-,16+/m0/s1. The molecule has 1 heterocycles. The number of carbonyl (C=O) groups excluding carboxylic acids is 2. The molecule has 0 radical (unpaired) electrons. The lowest BCUT2D eigenvalue weighted by Crippen LogP contribution is -2.36. The molecule has 0 unspecified atom stereocenters. The van der Waals surface area contributed by atoms with Gasteiger partial charge in [0.25, 0.3) is 5.91 Å². The number of hydrogen-bond acceptors (Lipinski definition) is 4. The summed E-state index contributed by atoms with van der Waals surface area (Å²) in [5.41, 5.74) is 0.918. The first-order valence-corrected chi connectivity index (χ1v) is 10.1. The number of amides is 2. The van der Waals surface area contributed by atoms with E-state index in [1.807, 2.05) is 12.2 Å². The van der Waals surface area contributed by atoms with Crippen molar-refractivity contribution >= 4 is 51.4 Å². The van der Waals surface area contributed by atoms with Crippen molar-refractivity contribution in [1.29, 1.82) is 0 Å². The molecular formula is C20H17ClN2O4S. The molecule has 1 aromatic carbocycles. The van der Waals surface area contributed by atoms with E-state index in [9.17, 15) is 19.5 Å². The molecule has 144 valence electrons. The Balaban J connectivity index is 1.49. The number of aliphatic carboxylic acids is 1. The second-order valence-electron chi connectivity index (χ2n) is 6.95. The van der Waals surface area contributed by atoms with Gasteiger partial charge in [-0.2, -0.15) is 0 Å². The van der Waals surface area contributed by atoms with Gasteiger partial charge in [-0.05, 0) is 54.0 Å². The van der Waals surface area contributed by atoms with Crippen molar-refractivity contribution in [3.63, 3.8) is 0 Å². The van der Waals surface area contributed by atoms with E-state index in [-0.39, 0.29) is 23.7 Å². The lowest BCUT2D eigenvalue weighted by Gasteiger charge is -2.23. The molecule has 2 aliphatic rings. The molecule has 2 aromatic rings. The van der Waals surface area contributed by atoms with E-state index in [0.29, 0.717) is 27.7 Å². The molecule has 28 heavy (non-hydrogen) atoms. The van der Waals surface area contributed by atoms with E-state index < -0.39 is 17.8 Å². The number of carboxylic acid groups (broad SMARTS) is 1. The average molecular weight is 417 g/mol. The highest BCUT2D eigenvalue weighted by atomic mass is 35.5. The molecule has 3 N–H and O–H groups in total. The molecule has 8 heteroatoms. The van der Waals surface area contributed by atoms with Crippen LogP contribution in [-0.2, 0) is 9.59 Å². The zero-order valence-electron chi connectivity index (χ0n) is 14.6. The molecule has 6 nitrogen and oxygen atoms in total. The Morgan fingerprint density at radius 3 is 2.36 bits per heavy atom. The van der Waals surface area contributed by atoms with Crippen LogP contribution in [0.2, 0.25) is 5.02 Å². The fourth-order valence-corrected chi connectivity index (χ4v) is 4.94. The zero-order chi connectivity index (χ0) is 19.8. The van der Waals surface area contributed by atoms with Gasteiger partial charge in [-0.25, -0.2) is 0 Å². The monoisotopic (exact) mass is 416 g/mol. The summed E-state index contributed by atoms with van der Waals surface area (Å²) in [6.45, 7) is 0. The smallest absolute Gasteiger partial charge is 0.307 e. The Bertz CT molecular complexity index is 969. The zero-order valence-corrected chi connectivity index (χ0v) is 16.2. The van der Waals surface area contributed by atoms with Crippen LogP contribution >= 0.6 is 22.9 Å². The Morgan fingerprint density at radius 2 is 1.68 bits per heavy atom. The first-order valence-electron chi connectivity index (χ1n) is 8.80. The van der Waals surface area contributed by atoms with Gasteiger partial charge in [0.1, 0.15) is 5.00 Å². The summed E-state index contributed by atoms with van der Waals surface area (Å²) in [5, 5.41) is 17.7. The number of carbonyl (C=O) groups is 3. The minimum atomic E-state index is -0.955. The molecule has 4 rings (SSSR count). The van der Waals surface area contributed by atoms with Gasteiger partial charge < -0.3 is 15.7 Å². The Labute approximate surface area is 170 Å². The fraction of sp³-hybridized carbons (Fsp3) is 0.250. The summed E-state index contributed by atoms with van der Waals surface area (Å²) in [4.78, 5) is 37.1. The highest BCUT2D eigenvalue weighted by Gasteiger charge is 2.51. The van der Waals surface area contributed by atoms with Gasteiger partial charge in [0, 0.05) is 10.7 Å². The Morgan fingerprint density at radius 1 is 1.00 bits per heavy atom. The van der Waals surface area contributed by atoms with Gasteiger partial charge >= 0.3 is 5.97 Å². The van der Waals surface area contributed by atoms with Crippen LogP contribution < -0.4 is 10.6 Å². The second-order valence-corrected chi connectivity index (χ2v) is 8.30. The maximum Gasteiger partial charge on any atom is 0.307 e. The number of rotatable bonds is 5. The summed E-state index contributed by atoms with van der Waals surface area (Å²) in [6, 6.07) is 8.33. The quantitative estimate of drug-likeness (QED) is 0.639. The molecule has 1 fully saturated rings. The van der Waals surface area contributed by atoms with Crippen LogP contribution in [0.3, 0.4) is 0 Å². The molecule has 2 aliphatic carbocycles. The molecule has 2 bridgehead atoms. The van der Waals surface area contributed by atoms with Gasteiger partial charge in [-0.1, -0.05) is 23.8 Å². The van der Waals surface area contributed by atoms with Crippen LogP contribution in [0.1, 0.15) is 16.8 Å². The summed E-state index contributed by atoms with van der Waals surface area (Å²) < 4.78 is 0. The van der Waals surface area contributed by atoms with Crippen LogP contribution in [0.25, 0.3) is 0 Å². The lowest BCUT2D eigenvalue weighted by atomic mass is 9.82.